The molecule has 1 unspecified atom stereocenters. The maximum atomic E-state index is 11.9. The van der Waals surface area contributed by atoms with Crippen molar-refractivity contribution in [3.05, 3.63) is 28.2 Å². The number of rotatable bonds is 5. The zero-order chi connectivity index (χ0) is 12.8. The van der Waals surface area contributed by atoms with E-state index in [1.807, 2.05) is 0 Å². The van der Waals surface area contributed by atoms with Gasteiger partial charge in [-0.25, -0.2) is 0 Å². The molecule has 0 spiro atoms. The Labute approximate surface area is 108 Å². The first-order valence-electron chi connectivity index (χ1n) is 5.04. The van der Waals surface area contributed by atoms with Gasteiger partial charge < -0.3 is 20.9 Å². The zero-order valence-corrected chi connectivity index (χ0v) is 11.0. The second-order valence-corrected chi connectivity index (χ2v) is 4.40. The van der Waals surface area contributed by atoms with Gasteiger partial charge in [-0.1, -0.05) is 0 Å². The quantitative estimate of drug-likeness (QED) is 0.701. The molecule has 0 fully saturated rings. The van der Waals surface area contributed by atoms with Crippen molar-refractivity contribution in [1.82, 2.24) is 5.32 Å². The monoisotopic (exact) mass is 302 g/mol. The topological polar surface area (TPSA) is 84.6 Å². The summed E-state index contributed by atoms with van der Waals surface area (Å²) in [5, 5.41) is 11.7. The normalized spacial score (nSPS) is 12.2. The zero-order valence-electron chi connectivity index (χ0n) is 9.44. The van der Waals surface area contributed by atoms with Gasteiger partial charge >= 0.3 is 0 Å². The molecule has 17 heavy (non-hydrogen) atoms. The lowest BCUT2D eigenvalue weighted by Gasteiger charge is -2.15. The molecule has 0 saturated heterocycles. The molecule has 5 nitrogen and oxygen atoms in total. The Hall–Kier alpha value is -1.11. The van der Waals surface area contributed by atoms with Crippen molar-refractivity contribution in [3.63, 3.8) is 0 Å². The number of methoxy groups -OCH3 is 1. The van der Waals surface area contributed by atoms with E-state index >= 15 is 0 Å². The van der Waals surface area contributed by atoms with E-state index in [2.05, 4.69) is 21.2 Å². The third-order valence-corrected chi connectivity index (χ3v) is 2.85. The highest BCUT2D eigenvalue weighted by atomic mass is 79.9. The summed E-state index contributed by atoms with van der Waals surface area (Å²) in [6.45, 7) is 0.0711. The van der Waals surface area contributed by atoms with E-state index in [1.54, 1.807) is 18.2 Å². The molecule has 0 radical (unpaired) electrons. The highest BCUT2D eigenvalue weighted by molar-refractivity contribution is 9.10. The fourth-order valence-corrected chi connectivity index (χ4v) is 1.75. The van der Waals surface area contributed by atoms with Crippen LogP contribution in [0.2, 0.25) is 0 Å². The highest BCUT2D eigenvalue weighted by Gasteiger charge is 2.15. The second-order valence-electron chi connectivity index (χ2n) is 3.55. The minimum absolute atomic E-state index is 0.181. The number of benzene rings is 1. The van der Waals surface area contributed by atoms with Crippen molar-refractivity contribution < 1.29 is 14.6 Å². The fourth-order valence-electron chi connectivity index (χ4n) is 1.32. The van der Waals surface area contributed by atoms with Crippen LogP contribution in [0.25, 0.3) is 0 Å². The summed E-state index contributed by atoms with van der Waals surface area (Å²) in [6.07, 6.45) is 0. The average Bonchev–Trinajstić information content (AvgIpc) is 2.31. The molecule has 0 aromatic heterocycles. The van der Waals surface area contributed by atoms with E-state index < -0.39 is 6.04 Å². The van der Waals surface area contributed by atoms with E-state index in [1.165, 1.54) is 7.11 Å². The summed E-state index contributed by atoms with van der Waals surface area (Å²) < 4.78 is 5.53. The van der Waals surface area contributed by atoms with Crippen LogP contribution in [0.15, 0.2) is 22.7 Å². The minimum atomic E-state index is -0.430. The van der Waals surface area contributed by atoms with Crippen molar-refractivity contribution in [2.24, 2.45) is 0 Å². The molecule has 1 atom stereocenters. The molecule has 0 heterocycles. The van der Waals surface area contributed by atoms with Crippen LogP contribution in [-0.4, -0.2) is 37.4 Å². The van der Waals surface area contributed by atoms with Gasteiger partial charge in [0, 0.05) is 17.3 Å². The number of carbonyl (C=O) groups is 1. The van der Waals surface area contributed by atoms with Gasteiger partial charge in [-0.15, -0.1) is 0 Å². The number of aliphatic hydroxyl groups excluding tert-OH is 1. The third-order valence-electron chi connectivity index (χ3n) is 2.16. The Bertz CT molecular complexity index is 398. The van der Waals surface area contributed by atoms with Crippen molar-refractivity contribution in [3.8, 4) is 0 Å². The first kappa shape index (κ1) is 14.0. The van der Waals surface area contributed by atoms with Gasteiger partial charge in [-0.3, -0.25) is 4.79 Å². The maximum absolute atomic E-state index is 11.9. The summed E-state index contributed by atoms with van der Waals surface area (Å²) in [6, 6.07) is 4.54. The van der Waals surface area contributed by atoms with Crippen molar-refractivity contribution in [1.29, 1.82) is 0 Å². The molecule has 1 aromatic carbocycles. The number of halogens is 1. The number of nitrogen functional groups attached to an aromatic ring is 1. The van der Waals surface area contributed by atoms with Gasteiger partial charge in [0.2, 0.25) is 0 Å². The Kier molecular flexibility index (Phi) is 5.40. The number of aliphatic hydroxyl groups is 1. The molecule has 6 heteroatoms. The first-order chi connectivity index (χ1) is 8.08. The van der Waals surface area contributed by atoms with E-state index in [-0.39, 0.29) is 19.1 Å². The van der Waals surface area contributed by atoms with Gasteiger partial charge in [0.05, 0.1) is 24.8 Å². The predicted octanol–water partition coefficient (Wildman–Crippen LogP) is 0.768. The molecule has 4 N–H and O–H groups in total. The van der Waals surface area contributed by atoms with Crippen LogP contribution in [-0.2, 0) is 4.74 Å². The van der Waals surface area contributed by atoms with Crippen molar-refractivity contribution in [2.45, 2.75) is 6.04 Å². The highest BCUT2D eigenvalue weighted by Crippen LogP contribution is 2.19. The lowest BCUT2D eigenvalue weighted by molar-refractivity contribution is 0.0839. The molecule has 0 bridgehead atoms. The number of hydrogen-bond acceptors (Lipinski definition) is 4. The Morgan fingerprint density at radius 1 is 1.65 bits per heavy atom. The number of nitrogens with two attached hydrogens (primary N) is 1. The van der Waals surface area contributed by atoms with Gasteiger partial charge in [0.1, 0.15) is 0 Å². The third kappa shape index (κ3) is 3.99. The van der Waals surface area contributed by atoms with Crippen molar-refractivity contribution in [2.75, 3.05) is 26.1 Å². The molecule has 1 amide bonds. The number of nitrogens with one attached hydrogen (secondary N) is 1. The van der Waals surface area contributed by atoms with Crippen LogP contribution < -0.4 is 11.1 Å². The lowest BCUT2D eigenvalue weighted by Crippen LogP contribution is -2.40. The van der Waals surface area contributed by atoms with Gasteiger partial charge in [0.15, 0.2) is 0 Å². The summed E-state index contributed by atoms with van der Waals surface area (Å²) in [7, 11) is 1.51. The molecule has 0 aliphatic heterocycles. The average molecular weight is 303 g/mol. The van der Waals surface area contributed by atoms with Crippen LogP contribution in [0, 0.1) is 0 Å². The standard InChI is InChI=1S/C11H15BrN2O3/c1-17-6-8(5-15)14-11(16)9-4-7(13)2-3-10(9)12/h2-4,8,15H,5-6,13H2,1H3,(H,14,16). The molecule has 94 valence electrons. The predicted molar refractivity (Wildman–Crippen MR) is 68.8 cm³/mol. The Morgan fingerprint density at radius 2 is 2.35 bits per heavy atom. The van der Waals surface area contributed by atoms with E-state index in [4.69, 9.17) is 15.6 Å². The molecular formula is C11H15BrN2O3. The van der Waals surface area contributed by atoms with E-state index in [9.17, 15) is 4.79 Å². The molecule has 0 aliphatic rings. The Balaban J connectivity index is 2.78. The minimum Gasteiger partial charge on any atom is -0.399 e. The second kappa shape index (κ2) is 6.58. The van der Waals surface area contributed by atoms with Gasteiger partial charge in [-0.2, -0.15) is 0 Å². The van der Waals surface area contributed by atoms with Gasteiger partial charge in [-0.05, 0) is 34.1 Å². The number of carbonyl (C=O) groups excluding carboxylic acids is 1. The number of amides is 1. The molecule has 0 saturated carbocycles. The largest absolute Gasteiger partial charge is 0.399 e. The van der Waals surface area contributed by atoms with Crippen LogP contribution in [0.1, 0.15) is 10.4 Å². The number of anilines is 1. The van der Waals surface area contributed by atoms with Crippen molar-refractivity contribution >= 4 is 27.5 Å². The number of hydrogen-bond donors (Lipinski definition) is 3. The maximum Gasteiger partial charge on any atom is 0.252 e. The fraction of sp³-hybridized carbons (Fsp3) is 0.364. The molecule has 1 rings (SSSR count). The SMILES string of the molecule is COCC(CO)NC(=O)c1cc(N)ccc1Br. The van der Waals surface area contributed by atoms with Crippen LogP contribution in [0.3, 0.4) is 0 Å². The summed E-state index contributed by atoms with van der Waals surface area (Å²) >= 11 is 3.27. The smallest absolute Gasteiger partial charge is 0.252 e. The summed E-state index contributed by atoms with van der Waals surface area (Å²) in [5.41, 5.74) is 6.55. The molecule has 1 aromatic rings. The lowest BCUT2D eigenvalue weighted by atomic mass is 10.2. The van der Waals surface area contributed by atoms with Crippen LogP contribution in [0.4, 0.5) is 5.69 Å². The molecular weight excluding hydrogens is 288 g/mol. The van der Waals surface area contributed by atoms with Crippen LogP contribution in [0.5, 0.6) is 0 Å². The number of ether oxygens (including phenoxy) is 1. The Morgan fingerprint density at radius 3 is 2.94 bits per heavy atom. The first-order valence-corrected chi connectivity index (χ1v) is 5.83. The van der Waals surface area contributed by atoms with Gasteiger partial charge in [0.25, 0.3) is 5.91 Å². The van der Waals surface area contributed by atoms with E-state index in [0.717, 1.165) is 0 Å². The van der Waals surface area contributed by atoms with E-state index in [0.29, 0.717) is 15.7 Å². The molecule has 0 aliphatic carbocycles. The summed E-state index contributed by atoms with van der Waals surface area (Å²) in [4.78, 5) is 11.9. The summed E-state index contributed by atoms with van der Waals surface area (Å²) in [5.74, 6) is -0.305. The van der Waals surface area contributed by atoms with Crippen LogP contribution >= 0.6 is 15.9 Å².